The first-order valence-electron chi connectivity index (χ1n) is 8.67. The Labute approximate surface area is 142 Å². The second-order valence-electron chi connectivity index (χ2n) is 7.19. The quantitative estimate of drug-likeness (QED) is 0.394. The molecule has 0 aliphatic heterocycles. The fraction of sp³-hybridized carbons (Fsp3) is 0.391. The van der Waals surface area contributed by atoms with Gasteiger partial charge in [0.05, 0.1) is 0 Å². The van der Waals surface area contributed by atoms with Crippen molar-refractivity contribution in [1.82, 2.24) is 0 Å². The maximum atomic E-state index is 4.34. The first-order valence-corrected chi connectivity index (χ1v) is 8.67. The predicted molar refractivity (Wildman–Crippen MR) is 103 cm³/mol. The zero-order chi connectivity index (χ0) is 16.8. The second kappa shape index (κ2) is 8.15. The smallest absolute Gasteiger partial charge is 0.00670 e. The average molecular weight is 306 g/mol. The SMILES string of the molecule is C=CC(C)=CC=C(C)CC1CC(C(=C)Cc2ccc(C)cc2)C1. The molecule has 1 saturated carbocycles. The van der Waals surface area contributed by atoms with Gasteiger partial charge in [0.25, 0.3) is 0 Å². The van der Waals surface area contributed by atoms with Gasteiger partial charge in [-0.1, -0.05) is 77.9 Å². The van der Waals surface area contributed by atoms with Crippen LogP contribution in [-0.4, -0.2) is 0 Å². The number of rotatable bonds is 7. The van der Waals surface area contributed by atoms with Crippen molar-refractivity contribution in [3.8, 4) is 0 Å². The number of allylic oxidation sites excluding steroid dienone is 6. The molecule has 0 unspecified atom stereocenters. The third-order valence-corrected chi connectivity index (χ3v) is 4.93. The fourth-order valence-corrected chi connectivity index (χ4v) is 3.21. The summed E-state index contributed by atoms with van der Waals surface area (Å²) in [7, 11) is 0. The van der Waals surface area contributed by atoms with Gasteiger partial charge in [-0.15, -0.1) is 0 Å². The third kappa shape index (κ3) is 5.39. The molecule has 0 nitrogen and oxygen atoms in total. The van der Waals surface area contributed by atoms with Gasteiger partial charge in [-0.2, -0.15) is 0 Å². The van der Waals surface area contributed by atoms with Crippen molar-refractivity contribution >= 4 is 0 Å². The van der Waals surface area contributed by atoms with E-state index in [1.165, 1.54) is 47.1 Å². The van der Waals surface area contributed by atoms with E-state index in [4.69, 9.17) is 0 Å². The lowest BCUT2D eigenvalue weighted by Crippen LogP contribution is -2.25. The van der Waals surface area contributed by atoms with Gasteiger partial charge in [0.15, 0.2) is 0 Å². The second-order valence-corrected chi connectivity index (χ2v) is 7.19. The van der Waals surface area contributed by atoms with Crippen LogP contribution in [0.1, 0.15) is 44.2 Å². The van der Waals surface area contributed by atoms with E-state index in [2.05, 4.69) is 70.3 Å². The molecule has 1 aromatic rings. The Morgan fingerprint density at radius 1 is 1.13 bits per heavy atom. The highest BCUT2D eigenvalue weighted by Gasteiger charge is 2.30. The van der Waals surface area contributed by atoms with E-state index in [9.17, 15) is 0 Å². The summed E-state index contributed by atoms with van der Waals surface area (Å²) in [5, 5.41) is 0. The lowest BCUT2D eigenvalue weighted by Gasteiger charge is -2.37. The van der Waals surface area contributed by atoms with Gasteiger partial charge >= 0.3 is 0 Å². The molecule has 0 amide bonds. The summed E-state index contributed by atoms with van der Waals surface area (Å²) in [6.07, 6.45) is 11.2. The maximum Gasteiger partial charge on any atom is -0.00670 e. The van der Waals surface area contributed by atoms with Crippen LogP contribution in [-0.2, 0) is 6.42 Å². The lowest BCUT2D eigenvalue weighted by molar-refractivity contribution is 0.224. The number of benzene rings is 1. The first kappa shape index (κ1) is 17.5. The van der Waals surface area contributed by atoms with Crippen molar-refractivity contribution in [1.29, 1.82) is 0 Å². The molecule has 0 aromatic heterocycles. The topological polar surface area (TPSA) is 0 Å². The van der Waals surface area contributed by atoms with E-state index in [0.717, 1.165) is 18.3 Å². The summed E-state index contributed by atoms with van der Waals surface area (Å²) in [6, 6.07) is 8.86. The Hall–Kier alpha value is -1.82. The molecule has 122 valence electrons. The zero-order valence-corrected chi connectivity index (χ0v) is 14.9. The molecule has 1 fully saturated rings. The Kier molecular flexibility index (Phi) is 6.21. The molecule has 1 aliphatic carbocycles. The molecule has 0 spiro atoms. The molecule has 0 N–H and O–H groups in total. The van der Waals surface area contributed by atoms with Crippen molar-refractivity contribution in [3.05, 3.63) is 83.5 Å². The lowest BCUT2D eigenvalue weighted by atomic mass is 9.68. The molecule has 1 aliphatic rings. The molecular weight excluding hydrogens is 276 g/mol. The molecule has 0 heteroatoms. The Bertz CT molecular complexity index is 604. The molecule has 2 rings (SSSR count). The minimum Gasteiger partial charge on any atom is -0.0992 e. The Morgan fingerprint density at radius 3 is 2.39 bits per heavy atom. The van der Waals surface area contributed by atoms with Gasteiger partial charge in [-0.3, -0.25) is 0 Å². The summed E-state index contributed by atoms with van der Waals surface area (Å²) in [6.45, 7) is 14.6. The molecule has 0 heterocycles. The van der Waals surface area contributed by atoms with Crippen LogP contribution in [0, 0.1) is 18.8 Å². The van der Waals surface area contributed by atoms with Crippen LogP contribution >= 0.6 is 0 Å². The van der Waals surface area contributed by atoms with Crippen LogP contribution in [0.2, 0.25) is 0 Å². The highest BCUT2D eigenvalue weighted by atomic mass is 14.4. The highest BCUT2D eigenvalue weighted by molar-refractivity contribution is 5.27. The highest BCUT2D eigenvalue weighted by Crippen LogP contribution is 2.42. The van der Waals surface area contributed by atoms with Gasteiger partial charge < -0.3 is 0 Å². The van der Waals surface area contributed by atoms with Crippen LogP contribution in [0.5, 0.6) is 0 Å². The largest absolute Gasteiger partial charge is 0.0992 e. The first-order chi connectivity index (χ1) is 11.0. The number of aryl methyl sites for hydroxylation is 1. The molecule has 0 bridgehead atoms. The summed E-state index contributed by atoms with van der Waals surface area (Å²) in [4.78, 5) is 0. The van der Waals surface area contributed by atoms with Crippen LogP contribution in [0.25, 0.3) is 0 Å². The van der Waals surface area contributed by atoms with E-state index >= 15 is 0 Å². The van der Waals surface area contributed by atoms with Crippen molar-refractivity contribution in [3.63, 3.8) is 0 Å². The maximum absolute atomic E-state index is 4.34. The van der Waals surface area contributed by atoms with Crippen molar-refractivity contribution < 1.29 is 0 Å². The van der Waals surface area contributed by atoms with E-state index < -0.39 is 0 Å². The molecule has 0 atom stereocenters. The summed E-state index contributed by atoms with van der Waals surface area (Å²) in [5.41, 5.74) is 6.83. The van der Waals surface area contributed by atoms with Crippen molar-refractivity contribution in [2.45, 2.75) is 46.5 Å². The van der Waals surface area contributed by atoms with Gasteiger partial charge in [0, 0.05) is 0 Å². The van der Waals surface area contributed by atoms with E-state index in [-0.39, 0.29) is 0 Å². The minimum absolute atomic E-state index is 0.722. The molecular formula is C23H30. The van der Waals surface area contributed by atoms with Gasteiger partial charge in [0.2, 0.25) is 0 Å². The van der Waals surface area contributed by atoms with Crippen LogP contribution in [0.3, 0.4) is 0 Å². The normalized spacial score (nSPS) is 21.7. The summed E-state index contributed by atoms with van der Waals surface area (Å²) in [5.74, 6) is 1.56. The monoisotopic (exact) mass is 306 g/mol. The average Bonchev–Trinajstić information content (AvgIpc) is 2.50. The van der Waals surface area contributed by atoms with Crippen molar-refractivity contribution in [2.75, 3.05) is 0 Å². The van der Waals surface area contributed by atoms with E-state index in [1.807, 2.05) is 6.08 Å². The number of hydrogen-bond acceptors (Lipinski definition) is 0. The Morgan fingerprint density at radius 2 is 1.78 bits per heavy atom. The predicted octanol–water partition coefficient (Wildman–Crippen LogP) is 6.59. The summed E-state index contributed by atoms with van der Waals surface area (Å²) < 4.78 is 0. The van der Waals surface area contributed by atoms with E-state index in [1.54, 1.807) is 0 Å². The van der Waals surface area contributed by atoms with Gasteiger partial charge in [-0.05, 0) is 63.9 Å². The van der Waals surface area contributed by atoms with E-state index in [0.29, 0.717) is 0 Å². The minimum atomic E-state index is 0.722. The summed E-state index contributed by atoms with van der Waals surface area (Å²) >= 11 is 0. The zero-order valence-electron chi connectivity index (χ0n) is 14.9. The van der Waals surface area contributed by atoms with Gasteiger partial charge in [0.1, 0.15) is 0 Å². The van der Waals surface area contributed by atoms with Gasteiger partial charge in [-0.25, -0.2) is 0 Å². The van der Waals surface area contributed by atoms with Crippen molar-refractivity contribution in [2.24, 2.45) is 11.8 Å². The molecule has 23 heavy (non-hydrogen) atoms. The molecule has 1 aromatic carbocycles. The molecule has 0 radical (unpaired) electrons. The number of hydrogen-bond donors (Lipinski definition) is 0. The fourth-order valence-electron chi connectivity index (χ4n) is 3.21. The standard InChI is InChI=1S/C23H30/c1-6-17(2)7-8-19(4)13-22-15-23(16-22)20(5)14-21-11-9-18(3)10-12-21/h6-12,22-23H,1,5,13-16H2,2-4H3. The van der Waals surface area contributed by atoms with Crippen LogP contribution in [0.4, 0.5) is 0 Å². The van der Waals surface area contributed by atoms with Crippen LogP contribution < -0.4 is 0 Å². The Balaban J connectivity index is 1.76. The molecule has 0 saturated heterocycles. The third-order valence-electron chi connectivity index (χ3n) is 4.93. The van der Waals surface area contributed by atoms with Crippen LogP contribution in [0.15, 0.2) is 72.4 Å².